The van der Waals surface area contributed by atoms with Crippen molar-refractivity contribution in [2.75, 3.05) is 24.7 Å². The Balaban J connectivity index is 1.82. The zero-order valence-electron chi connectivity index (χ0n) is 13.7. The van der Waals surface area contributed by atoms with E-state index in [4.69, 9.17) is 11.6 Å². The second kappa shape index (κ2) is 7.15. The second-order valence-corrected chi connectivity index (χ2v) is 8.39. The van der Waals surface area contributed by atoms with Crippen LogP contribution in [0, 0.1) is 0 Å². The van der Waals surface area contributed by atoms with Gasteiger partial charge >= 0.3 is 0 Å². The molecule has 0 saturated carbocycles. The molecule has 9 heteroatoms. The first kappa shape index (κ1) is 17.9. The van der Waals surface area contributed by atoms with Gasteiger partial charge in [0.1, 0.15) is 5.02 Å². The number of halogens is 1. The zero-order valence-corrected chi connectivity index (χ0v) is 15.3. The number of hydrogen-bond acceptors (Lipinski definition) is 5. The van der Waals surface area contributed by atoms with E-state index in [0.29, 0.717) is 24.5 Å². The molecule has 1 aromatic carbocycles. The lowest BCUT2D eigenvalue weighted by atomic mass is 10.1. The molecular formula is C16H19ClN4O3S. The van der Waals surface area contributed by atoms with E-state index in [-0.39, 0.29) is 11.1 Å². The van der Waals surface area contributed by atoms with Crippen LogP contribution in [0.2, 0.25) is 5.02 Å². The Morgan fingerprint density at radius 2 is 2.00 bits per heavy atom. The number of para-hydroxylation sites is 1. The largest absolute Gasteiger partial charge is 0.378 e. The highest BCUT2D eigenvalue weighted by Crippen LogP contribution is 2.21. The summed E-state index contributed by atoms with van der Waals surface area (Å²) in [6.45, 7) is 0.857. The zero-order chi connectivity index (χ0) is 18.0. The van der Waals surface area contributed by atoms with Crippen LogP contribution in [0.5, 0.6) is 0 Å². The summed E-state index contributed by atoms with van der Waals surface area (Å²) in [6.07, 6.45) is 4.24. The quantitative estimate of drug-likeness (QED) is 0.870. The van der Waals surface area contributed by atoms with Crippen LogP contribution < -0.4 is 10.9 Å². The number of nitrogens with one attached hydrogen (secondary N) is 1. The Bertz CT molecular complexity index is 915. The number of hydrogen-bond donors (Lipinski definition) is 1. The van der Waals surface area contributed by atoms with Crippen LogP contribution in [0.4, 0.5) is 5.69 Å². The molecule has 25 heavy (non-hydrogen) atoms. The number of aromatic nitrogens is 2. The lowest BCUT2D eigenvalue weighted by Gasteiger charge is -2.32. The van der Waals surface area contributed by atoms with E-state index in [2.05, 4.69) is 10.4 Å². The minimum Gasteiger partial charge on any atom is -0.378 e. The Morgan fingerprint density at radius 3 is 2.68 bits per heavy atom. The van der Waals surface area contributed by atoms with Crippen molar-refractivity contribution in [2.45, 2.75) is 18.9 Å². The Labute approximate surface area is 151 Å². The molecule has 1 atom stereocenters. The van der Waals surface area contributed by atoms with Gasteiger partial charge in [-0.15, -0.1) is 0 Å². The third kappa shape index (κ3) is 4.02. The van der Waals surface area contributed by atoms with Crippen LogP contribution in [0.1, 0.15) is 12.8 Å². The lowest BCUT2D eigenvalue weighted by molar-refractivity contribution is 0.329. The van der Waals surface area contributed by atoms with Crippen molar-refractivity contribution in [3.63, 3.8) is 0 Å². The van der Waals surface area contributed by atoms with E-state index in [1.54, 1.807) is 12.1 Å². The van der Waals surface area contributed by atoms with Gasteiger partial charge in [0.15, 0.2) is 0 Å². The fraction of sp³-hybridized carbons (Fsp3) is 0.375. The summed E-state index contributed by atoms with van der Waals surface area (Å²) in [6, 6.07) is 8.89. The maximum atomic E-state index is 12.5. The van der Waals surface area contributed by atoms with Crippen LogP contribution in [0.15, 0.2) is 41.3 Å². The summed E-state index contributed by atoms with van der Waals surface area (Å²) >= 11 is 6.23. The predicted octanol–water partition coefficient (Wildman–Crippen LogP) is 1.72. The normalized spacial score (nSPS) is 18.9. The van der Waals surface area contributed by atoms with Crippen LogP contribution in [-0.2, 0) is 10.0 Å². The van der Waals surface area contributed by atoms with Gasteiger partial charge in [-0.05, 0) is 25.0 Å². The minimum atomic E-state index is -3.23. The molecule has 0 spiro atoms. The number of sulfonamides is 1. The number of benzene rings is 1. The molecule has 0 aliphatic carbocycles. The van der Waals surface area contributed by atoms with Crippen molar-refractivity contribution < 1.29 is 8.42 Å². The molecule has 1 unspecified atom stereocenters. The summed E-state index contributed by atoms with van der Waals surface area (Å²) in [5, 5.41) is 7.36. The molecule has 134 valence electrons. The van der Waals surface area contributed by atoms with E-state index >= 15 is 0 Å². The molecule has 1 aliphatic heterocycles. The van der Waals surface area contributed by atoms with Gasteiger partial charge in [-0.25, -0.2) is 12.7 Å². The van der Waals surface area contributed by atoms with E-state index in [9.17, 15) is 13.2 Å². The van der Waals surface area contributed by atoms with Gasteiger partial charge in [0, 0.05) is 19.1 Å². The highest BCUT2D eigenvalue weighted by Gasteiger charge is 2.26. The van der Waals surface area contributed by atoms with Gasteiger partial charge in [0.25, 0.3) is 5.56 Å². The van der Waals surface area contributed by atoms with Crippen LogP contribution >= 0.6 is 11.6 Å². The molecule has 0 radical (unpaired) electrons. The molecule has 1 aromatic heterocycles. The predicted molar refractivity (Wildman–Crippen MR) is 97.9 cm³/mol. The number of piperidine rings is 1. The van der Waals surface area contributed by atoms with E-state index < -0.39 is 15.6 Å². The van der Waals surface area contributed by atoms with Crippen molar-refractivity contribution in [1.82, 2.24) is 14.1 Å². The van der Waals surface area contributed by atoms with Gasteiger partial charge < -0.3 is 5.32 Å². The van der Waals surface area contributed by atoms with E-state index in [0.717, 1.165) is 12.8 Å². The van der Waals surface area contributed by atoms with Crippen LogP contribution in [0.3, 0.4) is 0 Å². The first-order valence-corrected chi connectivity index (χ1v) is 10.1. The monoisotopic (exact) mass is 382 g/mol. The molecule has 1 fully saturated rings. The van der Waals surface area contributed by atoms with Gasteiger partial charge in [-0.2, -0.15) is 9.78 Å². The fourth-order valence-corrected chi connectivity index (χ4v) is 3.96. The summed E-state index contributed by atoms with van der Waals surface area (Å²) < 4.78 is 26.1. The summed E-state index contributed by atoms with van der Waals surface area (Å²) in [5.41, 5.74) is 0.620. The van der Waals surface area contributed by atoms with Crippen molar-refractivity contribution in [2.24, 2.45) is 0 Å². The Kier molecular flexibility index (Phi) is 5.12. The average molecular weight is 383 g/mol. The second-order valence-electron chi connectivity index (χ2n) is 6.03. The topological polar surface area (TPSA) is 84.3 Å². The van der Waals surface area contributed by atoms with Crippen molar-refractivity contribution in [3.8, 4) is 5.69 Å². The van der Waals surface area contributed by atoms with E-state index in [1.165, 1.54) is 21.4 Å². The molecule has 7 nitrogen and oxygen atoms in total. The van der Waals surface area contributed by atoms with Crippen molar-refractivity contribution >= 4 is 27.3 Å². The molecule has 0 amide bonds. The lowest BCUT2D eigenvalue weighted by Crippen LogP contribution is -2.44. The standard InChI is InChI=1S/C16H19ClN4O3S/c1-25(23,24)20-9-5-6-12(11-20)19-14-10-18-21(16(22)15(14)17)13-7-3-2-4-8-13/h2-4,7-8,10,12,19H,5-6,9,11H2,1H3. The smallest absolute Gasteiger partial charge is 0.292 e. The summed E-state index contributed by atoms with van der Waals surface area (Å²) in [7, 11) is -3.23. The Hall–Kier alpha value is -1.90. The summed E-state index contributed by atoms with van der Waals surface area (Å²) in [5.74, 6) is 0. The molecular weight excluding hydrogens is 364 g/mol. The highest BCUT2D eigenvalue weighted by molar-refractivity contribution is 7.88. The third-order valence-corrected chi connectivity index (χ3v) is 5.77. The maximum Gasteiger partial charge on any atom is 0.292 e. The first-order valence-electron chi connectivity index (χ1n) is 7.91. The maximum absolute atomic E-state index is 12.5. The molecule has 3 rings (SSSR count). The minimum absolute atomic E-state index is 0.0373. The van der Waals surface area contributed by atoms with Crippen LogP contribution in [0.25, 0.3) is 5.69 Å². The number of rotatable bonds is 4. The summed E-state index contributed by atoms with van der Waals surface area (Å²) in [4.78, 5) is 12.5. The molecule has 2 heterocycles. The number of anilines is 1. The van der Waals surface area contributed by atoms with Gasteiger partial charge in [-0.3, -0.25) is 4.79 Å². The SMILES string of the molecule is CS(=O)(=O)N1CCCC(Nc2cnn(-c3ccccc3)c(=O)c2Cl)C1. The first-order chi connectivity index (χ1) is 11.9. The van der Waals surface area contributed by atoms with E-state index in [1.807, 2.05) is 18.2 Å². The van der Waals surface area contributed by atoms with Gasteiger partial charge in [0.05, 0.1) is 23.8 Å². The Morgan fingerprint density at radius 1 is 1.28 bits per heavy atom. The van der Waals surface area contributed by atoms with Crippen molar-refractivity contribution in [1.29, 1.82) is 0 Å². The molecule has 1 saturated heterocycles. The van der Waals surface area contributed by atoms with Crippen LogP contribution in [-0.4, -0.2) is 47.9 Å². The number of nitrogens with zero attached hydrogens (tertiary/aromatic N) is 3. The van der Waals surface area contributed by atoms with Gasteiger partial charge in [-0.1, -0.05) is 29.8 Å². The third-order valence-electron chi connectivity index (χ3n) is 4.13. The molecule has 2 aromatic rings. The molecule has 0 bridgehead atoms. The van der Waals surface area contributed by atoms with Crippen molar-refractivity contribution in [3.05, 3.63) is 51.9 Å². The molecule has 1 aliphatic rings. The van der Waals surface area contributed by atoms with Gasteiger partial charge in [0.2, 0.25) is 10.0 Å². The average Bonchev–Trinajstić information content (AvgIpc) is 2.59. The molecule has 1 N–H and O–H groups in total. The highest BCUT2D eigenvalue weighted by atomic mass is 35.5. The fourth-order valence-electron chi connectivity index (χ4n) is 2.87.